The molecule has 0 unspecified atom stereocenters. The fourth-order valence-corrected chi connectivity index (χ4v) is 2.88. The summed E-state index contributed by atoms with van der Waals surface area (Å²) in [5, 5.41) is 5.71. The van der Waals surface area contributed by atoms with Crippen molar-refractivity contribution in [2.24, 2.45) is 7.05 Å². The molecule has 8 heteroatoms. The Morgan fingerprint density at radius 2 is 2.00 bits per heavy atom. The van der Waals surface area contributed by atoms with Gasteiger partial charge in [0.05, 0.1) is 15.7 Å². The number of halogens is 1. The summed E-state index contributed by atoms with van der Waals surface area (Å²) < 4.78 is 39.5. The van der Waals surface area contributed by atoms with Crippen LogP contribution >= 0.6 is 0 Å². The number of nitrogens with zero attached hydrogens (tertiary/aromatic N) is 2. The summed E-state index contributed by atoms with van der Waals surface area (Å²) in [5.74, 6) is -1.29. The van der Waals surface area contributed by atoms with Crippen molar-refractivity contribution >= 4 is 21.6 Å². The van der Waals surface area contributed by atoms with E-state index < -0.39 is 26.8 Å². The molecule has 1 aromatic heterocycles. The quantitative estimate of drug-likeness (QED) is 0.872. The first-order valence-corrected chi connectivity index (χ1v) is 8.11. The van der Waals surface area contributed by atoms with E-state index in [1.807, 2.05) is 0 Å². The Hall–Kier alpha value is -2.22. The molecule has 1 N–H and O–H groups in total. The molecule has 0 spiro atoms. The lowest BCUT2D eigenvalue weighted by Crippen LogP contribution is -2.18. The number of carbonyl (C=O) groups excluding carboxylic acids is 1. The van der Waals surface area contributed by atoms with Gasteiger partial charge in [-0.05, 0) is 32.0 Å². The average Bonchev–Trinajstić information content (AvgIpc) is 2.84. The maximum Gasteiger partial charge on any atom is 0.259 e. The molecule has 2 aromatic rings. The minimum absolute atomic E-state index is 0.0879. The summed E-state index contributed by atoms with van der Waals surface area (Å²) >= 11 is 0. The number of anilines is 1. The highest BCUT2D eigenvalue weighted by Gasteiger charge is 2.22. The van der Waals surface area contributed by atoms with Crippen LogP contribution < -0.4 is 5.32 Å². The molecule has 0 radical (unpaired) electrons. The zero-order valence-electron chi connectivity index (χ0n) is 12.4. The molecule has 0 saturated carbocycles. The minimum atomic E-state index is -3.58. The number of carbonyl (C=O) groups is 1. The van der Waals surface area contributed by atoms with Gasteiger partial charge in [-0.15, -0.1) is 0 Å². The van der Waals surface area contributed by atoms with Gasteiger partial charge in [-0.3, -0.25) is 9.48 Å². The van der Waals surface area contributed by atoms with Gasteiger partial charge in [0.1, 0.15) is 5.82 Å². The summed E-state index contributed by atoms with van der Waals surface area (Å²) in [4.78, 5) is 12.0. The first-order valence-electron chi connectivity index (χ1n) is 6.56. The van der Waals surface area contributed by atoms with Crippen LogP contribution in [-0.2, 0) is 16.9 Å². The molecular weight excluding hydrogens is 309 g/mol. The van der Waals surface area contributed by atoms with E-state index in [0.717, 1.165) is 18.2 Å². The topological polar surface area (TPSA) is 81.1 Å². The normalized spacial score (nSPS) is 11.7. The molecule has 0 aliphatic heterocycles. The molecule has 0 saturated heterocycles. The summed E-state index contributed by atoms with van der Waals surface area (Å²) in [7, 11) is -1.91. The molecule has 1 amide bonds. The third kappa shape index (κ3) is 3.16. The second-order valence-corrected chi connectivity index (χ2v) is 7.57. The first-order chi connectivity index (χ1) is 10.2. The zero-order valence-corrected chi connectivity index (χ0v) is 13.2. The Labute approximate surface area is 127 Å². The molecule has 0 atom stereocenters. The lowest BCUT2D eigenvalue weighted by atomic mass is 10.2. The molecule has 1 aromatic carbocycles. The molecule has 118 valence electrons. The van der Waals surface area contributed by atoms with Gasteiger partial charge in [-0.25, -0.2) is 12.8 Å². The number of benzene rings is 1. The van der Waals surface area contributed by atoms with Gasteiger partial charge in [0.2, 0.25) is 0 Å². The van der Waals surface area contributed by atoms with E-state index in [9.17, 15) is 17.6 Å². The minimum Gasteiger partial charge on any atom is -0.305 e. The molecular formula is C14H16FN3O3S. The second kappa shape index (κ2) is 5.88. The number of aromatic nitrogens is 2. The van der Waals surface area contributed by atoms with E-state index in [1.54, 1.807) is 19.3 Å². The van der Waals surface area contributed by atoms with Crippen LogP contribution in [0.4, 0.5) is 10.2 Å². The number of nitrogens with one attached hydrogen (secondary N) is 1. The Kier molecular flexibility index (Phi) is 4.32. The standard InChI is InChI=1S/C14H16FN3O3S/c1-9(2)22(20,21)10-4-5-12(15)11(8-10)14(19)16-13-6-7-18(3)17-13/h4-9H,1-3H3,(H,16,17,19). The predicted octanol–water partition coefficient (Wildman–Crippen LogP) is 1.99. The third-order valence-electron chi connectivity index (χ3n) is 3.09. The van der Waals surface area contributed by atoms with E-state index in [2.05, 4.69) is 10.4 Å². The predicted molar refractivity (Wildman–Crippen MR) is 79.9 cm³/mol. The van der Waals surface area contributed by atoms with E-state index >= 15 is 0 Å². The SMILES string of the molecule is CC(C)S(=O)(=O)c1ccc(F)c(C(=O)Nc2ccn(C)n2)c1. The monoisotopic (exact) mass is 325 g/mol. The molecule has 1 heterocycles. The summed E-state index contributed by atoms with van der Waals surface area (Å²) in [6, 6.07) is 4.72. The van der Waals surface area contributed by atoms with Crippen molar-refractivity contribution in [3.63, 3.8) is 0 Å². The van der Waals surface area contributed by atoms with Crippen molar-refractivity contribution < 1.29 is 17.6 Å². The molecule has 6 nitrogen and oxygen atoms in total. The van der Waals surface area contributed by atoms with Gasteiger partial charge < -0.3 is 5.32 Å². The summed E-state index contributed by atoms with van der Waals surface area (Å²) in [6.07, 6.45) is 1.62. The van der Waals surface area contributed by atoms with Crippen molar-refractivity contribution in [2.75, 3.05) is 5.32 Å². The number of hydrogen-bond donors (Lipinski definition) is 1. The van der Waals surface area contributed by atoms with Crippen LogP contribution in [0.2, 0.25) is 0 Å². The molecule has 22 heavy (non-hydrogen) atoms. The zero-order chi connectivity index (χ0) is 16.5. The smallest absolute Gasteiger partial charge is 0.259 e. The summed E-state index contributed by atoms with van der Waals surface area (Å²) in [5.41, 5.74) is -0.340. The van der Waals surface area contributed by atoms with Gasteiger partial charge in [0.15, 0.2) is 15.7 Å². The fraction of sp³-hybridized carbons (Fsp3) is 0.286. The number of sulfone groups is 1. The van der Waals surface area contributed by atoms with Gasteiger partial charge in [-0.2, -0.15) is 5.10 Å². The number of amides is 1. The molecule has 0 aliphatic carbocycles. The Morgan fingerprint density at radius 1 is 1.32 bits per heavy atom. The highest BCUT2D eigenvalue weighted by molar-refractivity contribution is 7.92. The van der Waals surface area contributed by atoms with Crippen LogP contribution in [0.25, 0.3) is 0 Å². The van der Waals surface area contributed by atoms with E-state index in [0.29, 0.717) is 0 Å². The largest absolute Gasteiger partial charge is 0.305 e. The van der Waals surface area contributed by atoms with E-state index in [-0.39, 0.29) is 16.3 Å². The van der Waals surface area contributed by atoms with Crippen LogP contribution in [0.15, 0.2) is 35.4 Å². The fourth-order valence-electron chi connectivity index (χ4n) is 1.79. The van der Waals surface area contributed by atoms with Gasteiger partial charge >= 0.3 is 0 Å². The molecule has 0 fully saturated rings. The maximum absolute atomic E-state index is 13.8. The van der Waals surface area contributed by atoms with Crippen molar-refractivity contribution in [2.45, 2.75) is 24.0 Å². The van der Waals surface area contributed by atoms with Crippen molar-refractivity contribution in [1.82, 2.24) is 9.78 Å². The van der Waals surface area contributed by atoms with Crippen LogP contribution in [0.5, 0.6) is 0 Å². The van der Waals surface area contributed by atoms with Crippen molar-refractivity contribution in [3.8, 4) is 0 Å². The maximum atomic E-state index is 13.8. The lowest BCUT2D eigenvalue weighted by molar-refractivity contribution is 0.102. The van der Waals surface area contributed by atoms with Gasteiger partial charge in [0.25, 0.3) is 5.91 Å². The Bertz CT molecular complexity index is 812. The number of aryl methyl sites for hydroxylation is 1. The van der Waals surface area contributed by atoms with E-state index in [1.165, 1.54) is 18.5 Å². The van der Waals surface area contributed by atoms with Crippen LogP contribution in [0, 0.1) is 5.82 Å². The summed E-state index contributed by atoms with van der Waals surface area (Å²) in [6.45, 7) is 3.04. The third-order valence-corrected chi connectivity index (χ3v) is 5.24. The van der Waals surface area contributed by atoms with Crippen molar-refractivity contribution in [1.29, 1.82) is 0 Å². The van der Waals surface area contributed by atoms with Gasteiger partial charge in [0, 0.05) is 19.3 Å². The molecule has 0 aliphatic rings. The number of rotatable bonds is 4. The average molecular weight is 325 g/mol. The van der Waals surface area contributed by atoms with Crippen LogP contribution in [-0.4, -0.2) is 29.4 Å². The van der Waals surface area contributed by atoms with Crippen molar-refractivity contribution in [3.05, 3.63) is 41.8 Å². The lowest BCUT2D eigenvalue weighted by Gasteiger charge is -2.10. The Morgan fingerprint density at radius 3 is 2.55 bits per heavy atom. The van der Waals surface area contributed by atoms with Gasteiger partial charge in [-0.1, -0.05) is 0 Å². The Balaban J connectivity index is 2.36. The van der Waals surface area contributed by atoms with Crippen LogP contribution in [0.1, 0.15) is 24.2 Å². The molecule has 0 bridgehead atoms. The first kappa shape index (κ1) is 16.2. The highest BCUT2D eigenvalue weighted by Crippen LogP contribution is 2.20. The molecule has 2 rings (SSSR count). The number of hydrogen-bond acceptors (Lipinski definition) is 4. The highest BCUT2D eigenvalue weighted by atomic mass is 32.2. The second-order valence-electron chi connectivity index (χ2n) is 5.06. The van der Waals surface area contributed by atoms with Crippen LogP contribution in [0.3, 0.4) is 0 Å². The van der Waals surface area contributed by atoms with E-state index in [4.69, 9.17) is 0 Å².